The van der Waals surface area contributed by atoms with Crippen LogP contribution in [0.3, 0.4) is 0 Å². The zero-order chi connectivity index (χ0) is 15.8. The van der Waals surface area contributed by atoms with Crippen molar-refractivity contribution in [2.24, 2.45) is 0 Å². The monoisotopic (exact) mass is 350 g/mol. The van der Waals surface area contributed by atoms with Crippen molar-refractivity contribution in [1.82, 2.24) is 19.4 Å². The van der Waals surface area contributed by atoms with Crippen LogP contribution in [0, 0.1) is 0 Å². The van der Waals surface area contributed by atoms with Crippen LogP contribution in [-0.4, -0.2) is 64.1 Å². The standard InChI is InChI=1S/C17H23ClN4S/c1-20-3-2-16-15(12-20)14-10-13(18)11-19-17(14)22(16)5-4-21-6-8-23-9-7-21/h10-11H,2-9,12H2,1H3. The number of nitrogens with zero attached hydrogens (tertiary/aromatic N) is 4. The highest BCUT2D eigenvalue weighted by Crippen LogP contribution is 2.31. The molecule has 2 aliphatic heterocycles. The SMILES string of the molecule is CN1CCc2c(c3cc(Cl)cnc3n2CCN2CCSCC2)C1. The molecule has 23 heavy (non-hydrogen) atoms. The molecule has 0 N–H and O–H groups in total. The Labute approximate surface area is 146 Å². The summed E-state index contributed by atoms with van der Waals surface area (Å²) in [6.45, 7) is 6.71. The topological polar surface area (TPSA) is 24.3 Å². The van der Waals surface area contributed by atoms with E-state index in [9.17, 15) is 0 Å². The van der Waals surface area contributed by atoms with Gasteiger partial charge in [-0.05, 0) is 18.7 Å². The lowest BCUT2D eigenvalue weighted by Crippen LogP contribution is -2.35. The first-order valence-electron chi connectivity index (χ1n) is 8.36. The van der Waals surface area contributed by atoms with Gasteiger partial charge in [0.1, 0.15) is 5.65 Å². The molecule has 124 valence electrons. The lowest BCUT2D eigenvalue weighted by Gasteiger charge is -2.28. The zero-order valence-electron chi connectivity index (χ0n) is 13.6. The molecule has 0 radical (unpaired) electrons. The summed E-state index contributed by atoms with van der Waals surface area (Å²) >= 11 is 8.28. The number of hydrogen-bond acceptors (Lipinski definition) is 4. The third kappa shape index (κ3) is 3.12. The summed E-state index contributed by atoms with van der Waals surface area (Å²) in [6.07, 6.45) is 2.89. The number of thioether (sulfide) groups is 1. The number of halogens is 1. The van der Waals surface area contributed by atoms with Crippen molar-refractivity contribution in [3.8, 4) is 0 Å². The van der Waals surface area contributed by atoms with E-state index in [2.05, 4.69) is 44.2 Å². The Morgan fingerprint density at radius 1 is 1.22 bits per heavy atom. The predicted molar refractivity (Wildman–Crippen MR) is 98.5 cm³/mol. The van der Waals surface area contributed by atoms with Crippen molar-refractivity contribution in [2.75, 3.05) is 44.7 Å². The minimum absolute atomic E-state index is 0.735. The van der Waals surface area contributed by atoms with E-state index >= 15 is 0 Å². The van der Waals surface area contributed by atoms with Crippen molar-refractivity contribution in [1.29, 1.82) is 0 Å². The smallest absolute Gasteiger partial charge is 0.140 e. The molecule has 4 rings (SSSR count). The highest BCUT2D eigenvalue weighted by Gasteiger charge is 2.23. The third-order valence-corrected chi connectivity index (χ3v) is 6.14. The van der Waals surface area contributed by atoms with E-state index in [-0.39, 0.29) is 0 Å². The quantitative estimate of drug-likeness (QED) is 0.849. The molecule has 4 nitrogen and oxygen atoms in total. The number of likely N-dealkylation sites (N-methyl/N-ethyl adjacent to an activating group) is 1. The molecule has 0 aliphatic carbocycles. The van der Waals surface area contributed by atoms with Gasteiger partial charge in [0.25, 0.3) is 0 Å². The van der Waals surface area contributed by atoms with E-state index in [0.717, 1.165) is 43.3 Å². The van der Waals surface area contributed by atoms with Gasteiger partial charge in [0.15, 0.2) is 0 Å². The fraction of sp³-hybridized carbons (Fsp3) is 0.588. The fourth-order valence-corrected chi connectivity index (χ4v) is 4.87. The second-order valence-corrected chi connectivity index (χ2v) is 8.20. The van der Waals surface area contributed by atoms with Crippen LogP contribution in [0.5, 0.6) is 0 Å². The van der Waals surface area contributed by atoms with Crippen molar-refractivity contribution >= 4 is 34.4 Å². The van der Waals surface area contributed by atoms with E-state index in [1.165, 1.54) is 41.2 Å². The molecule has 6 heteroatoms. The Bertz CT molecular complexity index is 708. The largest absolute Gasteiger partial charge is 0.328 e. The number of rotatable bonds is 3. The van der Waals surface area contributed by atoms with E-state index in [1.807, 2.05) is 0 Å². The van der Waals surface area contributed by atoms with Crippen LogP contribution in [0.25, 0.3) is 11.0 Å². The van der Waals surface area contributed by atoms with Gasteiger partial charge in [-0.1, -0.05) is 11.6 Å². The normalized spacial score (nSPS) is 20.1. The molecule has 4 heterocycles. The van der Waals surface area contributed by atoms with Crippen molar-refractivity contribution in [3.05, 3.63) is 28.5 Å². The molecule has 0 unspecified atom stereocenters. The minimum Gasteiger partial charge on any atom is -0.328 e. The molecule has 0 amide bonds. The molecule has 2 aliphatic rings. The molecule has 1 saturated heterocycles. The molecule has 0 atom stereocenters. The molecule has 0 aromatic carbocycles. The first-order valence-corrected chi connectivity index (χ1v) is 9.90. The fourth-order valence-electron chi connectivity index (χ4n) is 3.73. The maximum atomic E-state index is 6.21. The Hall–Kier alpha value is -0.750. The average Bonchev–Trinajstić information content (AvgIpc) is 2.86. The van der Waals surface area contributed by atoms with Gasteiger partial charge in [-0.25, -0.2) is 4.98 Å². The predicted octanol–water partition coefficient (Wildman–Crippen LogP) is 2.73. The van der Waals surface area contributed by atoms with Crippen LogP contribution in [0.1, 0.15) is 11.3 Å². The average molecular weight is 351 g/mol. The van der Waals surface area contributed by atoms with Crippen molar-refractivity contribution in [3.63, 3.8) is 0 Å². The molecule has 2 aromatic heterocycles. The summed E-state index contributed by atoms with van der Waals surface area (Å²) in [7, 11) is 2.19. The number of aromatic nitrogens is 2. The summed E-state index contributed by atoms with van der Waals surface area (Å²) in [5.74, 6) is 2.53. The van der Waals surface area contributed by atoms with Gasteiger partial charge in [0.05, 0.1) is 5.02 Å². The van der Waals surface area contributed by atoms with Crippen LogP contribution in [0.2, 0.25) is 5.02 Å². The zero-order valence-corrected chi connectivity index (χ0v) is 15.2. The van der Waals surface area contributed by atoms with Crippen molar-refractivity contribution in [2.45, 2.75) is 19.5 Å². The van der Waals surface area contributed by atoms with Gasteiger partial charge in [-0.2, -0.15) is 11.8 Å². The molecule has 2 aromatic rings. The van der Waals surface area contributed by atoms with Crippen LogP contribution in [0.15, 0.2) is 12.3 Å². The number of hydrogen-bond donors (Lipinski definition) is 0. The summed E-state index contributed by atoms with van der Waals surface area (Å²) in [5, 5.41) is 1.98. The highest BCUT2D eigenvalue weighted by molar-refractivity contribution is 7.99. The van der Waals surface area contributed by atoms with Crippen LogP contribution < -0.4 is 0 Å². The Morgan fingerprint density at radius 3 is 2.87 bits per heavy atom. The second-order valence-electron chi connectivity index (χ2n) is 6.54. The van der Waals surface area contributed by atoms with E-state index < -0.39 is 0 Å². The van der Waals surface area contributed by atoms with Gasteiger partial charge < -0.3 is 9.47 Å². The summed E-state index contributed by atoms with van der Waals surface area (Å²) in [4.78, 5) is 9.63. The van der Waals surface area contributed by atoms with E-state index in [0.29, 0.717) is 0 Å². The maximum absolute atomic E-state index is 6.21. The van der Waals surface area contributed by atoms with Gasteiger partial charge in [-0.3, -0.25) is 4.90 Å². The summed E-state index contributed by atoms with van der Waals surface area (Å²) in [6, 6.07) is 2.09. The van der Waals surface area contributed by atoms with Gasteiger partial charge in [0, 0.05) is 74.5 Å². The first kappa shape index (κ1) is 15.8. The van der Waals surface area contributed by atoms with Crippen LogP contribution in [-0.2, 0) is 19.5 Å². The maximum Gasteiger partial charge on any atom is 0.140 e. The van der Waals surface area contributed by atoms with Crippen LogP contribution >= 0.6 is 23.4 Å². The first-order chi connectivity index (χ1) is 11.2. The van der Waals surface area contributed by atoms with Gasteiger partial charge in [-0.15, -0.1) is 0 Å². The number of pyridine rings is 1. The molecule has 0 saturated carbocycles. The lowest BCUT2D eigenvalue weighted by atomic mass is 10.1. The highest BCUT2D eigenvalue weighted by atomic mass is 35.5. The Morgan fingerprint density at radius 2 is 2.04 bits per heavy atom. The van der Waals surface area contributed by atoms with E-state index in [4.69, 9.17) is 11.6 Å². The minimum atomic E-state index is 0.735. The molecule has 1 fully saturated rings. The Kier molecular flexibility index (Phi) is 4.54. The molecular formula is C17H23ClN4S. The second kappa shape index (κ2) is 6.63. The van der Waals surface area contributed by atoms with Gasteiger partial charge >= 0.3 is 0 Å². The summed E-state index contributed by atoms with van der Waals surface area (Å²) < 4.78 is 2.45. The molecule has 0 bridgehead atoms. The third-order valence-electron chi connectivity index (χ3n) is 4.99. The van der Waals surface area contributed by atoms with Crippen molar-refractivity contribution < 1.29 is 0 Å². The Balaban J connectivity index is 1.67. The number of fused-ring (bicyclic) bond motifs is 3. The molecule has 0 spiro atoms. The molecular weight excluding hydrogens is 328 g/mol. The summed E-state index contributed by atoms with van der Waals surface area (Å²) in [5.41, 5.74) is 4.01. The van der Waals surface area contributed by atoms with Gasteiger partial charge in [0.2, 0.25) is 0 Å². The lowest BCUT2D eigenvalue weighted by molar-refractivity contribution is 0.282. The van der Waals surface area contributed by atoms with Crippen LogP contribution in [0.4, 0.5) is 0 Å². The van der Waals surface area contributed by atoms with E-state index in [1.54, 1.807) is 6.20 Å².